The number of phenols is 1. The van der Waals surface area contributed by atoms with Crippen LogP contribution in [0.5, 0.6) is 5.75 Å². The van der Waals surface area contributed by atoms with Crippen LogP contribution in [-0.4, -0.2) is 30.0 Å². The zero-order valence-corrected chi connectivity index (χ0v) is 17.8. The van der Waals surface area contributed by atoms with Gasteiger partial charge >= 0.3 is 6.01 Å². The summed E-state index contributed by atoms with van der Waals surface area (Å²) >= 11 is 0. The number of rotatable bonds is 5. The maximum Gasteiger partial charge on any atom is 0.302 e. The average Bonchev–Trinajstić information content (AvgIpc) is 3.46. The molecule has 34 heavy (non-hydrogen) atoms. The smallest absolute Gasteiger partial charge is 0.302 e. The molecule has 0 aliphatic carbocycles. The monoisotopic (exact) mass is 446 g/mol. The standard InChI is InChI=1S/C26H18N6O2/c33-21-11-5-2-8-18(21)24-29-23(14-13-16-15-27-19-9-3-1-7-17(16)19)30-25(31-24)32-26-28-20-10-4-6-12-22(20)34-26/h1-15,27,33H,(H,28,29,30,31,32)/b14-13+. The van der Waals surface area contributed by atoms with Crippen LogP contribution >= 0.6 is 0 Å². The van der Waals surface area contributed by atoms with Crippen LogP contribution in [0.2, 0.25) is 0 Å². The van der Waals surface area contributed by atoms with Crippen LogP contribution in [0.3, 0.4) is 0 Å². The lowest BCUT2D eigenvalue weighted by Gasteiger charge is -2.07. The summed E-state index contributed by atoms with van der Waals surface area (Å²) in [5.74, 6) is 1.06. The van der Waals surface area contributed by atoms with Gasteiger partial charge < -0.3 is 14.5 Å². The zero-order chi connectivity index (χ0) is 22.9. The molecule has 8 nitrogen and oxygen atoms in total. The number of anilines is 2. The summed E-state index contributed by atoms with van der Waals surface area (Å²) in [6.45, 7) is 0. The van der Waals surface area contributed by atoms with E-state index in [1.54, 1.807) is 24.3 Å². The number of hydrogen-bond donors (Lipinski definition) is 3. The molecule has 0 spiro atoms. The Kier molecular flexibility index (Phi) is 4.73. The molecule has 0 saturated carbocycles. The molecule has 0 saturated heterocycles. The van der Waals surface area contributed by atoms with E-state index in [9.17, 15) is 5.11 Å². The first-order valence-electron chi connectivity index (χ1n) is 10.6. The van der Waals surface area contributed by atoms with Gasteiger partial charge in [0.15, 0.2) is 17.2 Å². The summed E-state index contributed by atoms with van der Waals surface area (Å²) in [7, 11) is 0. The number of aromatic hydroxyl groups is 1. The lowest BCUT2D eigenvalue weighted by atomic mass is 10.1. The SMILES string of the molecule is Oc1ccccc1-c1nc(/C=C/c2c[nH]c3ccccc23)nc(Nc2nc3ccccc3o2)n1. The molecule has 6 rings (SSSR count). The van der Waals surface area contributed by atoms with Gasteiger partial charge in [0, 0.05) is 17.1 Å². The molecular formula is C26H18N6O2. The van der Waals surface area contributed by atoms with E-state index in [4.69, 9.17) is 4.42 Å². The Morgan fingerprint density at radius 1 is 0.824 bits per heavy atom. The fraction of sp³-hybridized carbons (Fsp3) is 0. The summed E-state index contributed by atoms with van der Waals surface area (Å²) in [6.07, 6.45) is 5.67. The highest BCUT2D eigenvalue weighted by molar-refractivity contribution is 5.91. The van der Waals surface area contributed by atoms with Gasteiger partial charge in [0.2, 0.25) is 5.95 Å². The number of nitrogens with one attached hydrogen (secondary N) is 2. The Balaban J connectivity index is 1.41. The van der Waals surface area contributed by atoms with Gasteiger partial charge in [-0.15, -0.1) is 0 Å². The summed E-state index contributed by atoms with van der Waals surface area (Å²) in [5, 5.41) is 14.5. The second kappa shape index (κ2) is 8.18. The molecular weight excluding hydrogens is 428 g/mol. The third kappa shape index (κ3) is 3.73. The highest BCUT2D eigenvalue weighted by atomic mass is 16.4. The molecule has 0 aliphatic rings. The number of aromatic nitrogens is 5. The van der Waals surface area contributed by atoms with Crippen molar-refractivity contribution < 1.29 is 9.52 Å². The molecule has 0 radical (unpaired) electrons. The predicted molar refractivity (Wildman–Crippen MR) is 131 cm³/mol. The lowest BCUT2D eigenvalue weighted by molar-refractivity contribution is 0.477. The minimum absolute atomic E-state index is 0.0769. The minimum atomic E-state index is 0.0769. The van der Waals surface area contributed by atoms with Crippen LogP contribution < -0.4 is 5.32 Å². The summed E-state index contributed by atoms with van der Waals surface area (Å²) in [4.78, 5) is 21.3. The maximum absolute atomic E-state index is 10.4. The van der Waals surface area contributed by atoms with Crippen molar-refractivity contribution in [1.29, 1.82) is 0 Å². The van der Waals surface area contributed by atoms with Gasteiger partial charge in [-0.05, 0) is 48.0 Å². The van der Waals surface area contributed by atoms with Crippen LogP contribution in [0.15, 0.2) is 83.4 Å². The molecule has 3 heterocycles. The first-order chi connectivity index (χ1) is 16.7. The number of aromatic amines is 1. The van der Waals surface area contributed by atoms with Crippen LogP contribution in [0.4, 0.5) is 12.0 Å². The van der Waals surface area contributed by atoms with Crippen molar-refractivity contribution in [1.82, 2.24) is 24.9 Å². The molecule has 0 unspecified atom stereocenters. The normalized spacial score (nSPS) is 11.5. The van der Waals surface area contributed by atoms with Crippen molar-refractivity contribution in [2.45, 2.75) is 0 Å². The van der Waals surface area contributed by atoms with E-state index < -0.39 is 0 Å². The Morgan fingerprint density at radius 2 is 1.65 bits per heavy atom. The van der Waals surface area contributed by atoms with Crippen LogP contribution in [0, 0.1) is 0 Å². The van der Waals surface area contributed by atoms with E-state index in [2.05, 4.69) is 30.2 Å². The molecule has 3 N–H and O–H groups in total. The first-order valence-corrected chi connectivity index (χ1v) is 10.6. The number of nitrogens with zero attached hydrogens (tertiary/aromatic N) is 4. The number of H-pyrrole nitrogens is 1. The first kappa shape index (κ1) is 19.7. The van der Waals surface area contributed by atoms with Gasteiger partial charge in [-0.2, -0.15) is 15.0 Å². The van der Waals surface area contributed by atoms with E-state index in [-0.39, 0.29) is 17.7 Å². The van der Waals surface area contributed by atoms with Crippen molar-refractivity contribution in [3.05, 3.63) is 90.4 Å². The highest BCUT2D eigenvalue weighted by Gasteiger charge is 2.13. The minimum Gasteiger partial charge on any atom is -0.507 e. The number of para-hydroxylation sites is 4. The van der Waals surface area contributed by atoms with E-state index in [0.717, 1.165) is 22.0 Å². The predicted octanol–water partition coefficient (Wildman–Crippen LogP) is 5.78. The molecule has 0 aliphatic heterocycles. The lowest BCUT2D eigenvalue weighted by Crippen LogP contribution is -2.03. The fourth-order valence-electron chi connectivity index (χ4n) is 3.72. The summed E-state index contributed by atoms with van der Waals surface area (Å²) < 4.78 is 5.75. The van der Waals surface area contributed by atoms with Crippen molar-refractivity contribution in [2.75, 3.05) is 5.32 Å². The van der Waals surface area contributed by atoms with E-state index >= 15 is 0 Å². The second-order valence-corrected chi connectivity index (χ2v) is 7.59. The number of benzene rings is 3. The Hall–Kier alpha value is -4.98. The largest absolute Gasteiger partial charge is 0.507 e. The third-order valence-electron chi connectivity index (χ3n) is 5.34. The second-order valence-electron chi connectivity index (χ2n) is 7.59. The van der Waals surface area contributed by atoms with Gasteiger partial charge in [-0.3, -0.25) is 5.32 Å². The van der Waals surface area contributed by atoms with E-state index in [0.29, 0.717) is 22.8 Å². The third-order valence-corrected chi connectivity index (χ3v) is 5.34. The summed E-state index contributed by atoms with van der Waals surface area (Å²) in [6, 6.07) is 22.7. The zero-order valence-electron chi connectivity index (χ0n) is 17.8. The molecule has 0 bridgehead atoms. The number of oxazole rings is 1. The van der Waals surface area contributed by atoms with Crippen molar-refractivity contribution in [3.8, 4) is 17.1 Å². The molecule has 3 aromatic carbocycles. The number of phenolic OH excluding ortho intramolecular Hbond substituents is 1. The Labute approximate surface area is 193 Å². The van der Waals surface area contributed by atoms with Crippen LogP contribution in [-0.2, 0) is 0 Å². The van der Waals surface area contributed by atoms with Gasteiger partial charge in [0.05, 0.1) is 5.56 Å². The van der Waals surface area contributed by atoms with E-state index in [1.807, 2.05) is 66.9 Å². The molecule has 0 fully saturated rings. The summed E-state index contributed by atoms with van der Waals surface area (Å²) in [5.41, 5.74) is 3.92. The fourth-order valence-corrected chi connectivity index (χ4v) is 3.72. The quantitative estimate of drug-likeness (QED) is 0.308. The Morgan fingerprint density at radius 3 is 2.56 bits per heavy atom. The highest BCUT2D eigenvalue weighted by Crippen LogP contribution is 2.28. The van der Waals surface area contributed by atoms with Gasteiger partial charge in [-0.25, -0.2) is 4.98 Å². The van der Waals surface area contributed by atoms with Crippen molar-refractivity contribution in [3.63, 3.8) is 0 Å². The number of fused-ring (bicyclic) bond motifs is 2. The maximum atomic E-state index is 10.4. The van der Waals surface area contributed by atoms with Gasteiger partial charge in [-0.1, -0.05) is 42.5 Å². The van der Waals surface area contributed by atoms with Gasteiger partial charge in [0.25, 0.3) is 0 Å². The van der Waals surface area contributed by atoms with Crippen LogP contribution in [0.25, 0.3) is 45.5 Å². The van der Waals surface area contributed by atoms with Crippen molar-refractivity contribution >= 4 is 46.1 Å². The molecule has 0 amide bonds. The van der Waals surface area contributed by atoms with Crippen molar-refractivity contribution in [2.24, 2.45) is 0 Å². The number of hydrogen-bond acceptors (Lipinski definition) is 7. The van der Waals surface area contributed by atoms with Crippen LogP contribution in [0.1, 0.15) is 11.4 Å². The average molecular weight is 446 g/mol. The Bertz CT molecular complexity index is 1630. The molecule has 6 aromatic rings. The van der Waals surface area contributed by atoms with E-state index in [1.165, 1.54) is 0 Å². The molecule has 3 aromatic heterocycles. The molecule has 8 heteroatoms. The molecule has 0 atom stereocenters. The molecule has 164 valence electrons. The van der Waals surface area contributed by atoms with Gasteiger partial charge in [0.1, 0.15) is 11.3 Å². The topological polar surface area (TPSA) is 113 Å².